The molecular weight excluding hydrogens is 732 g/mol. The second-order valence-electron chi connectivity index (χ2n) is 16.7. The maximum atomic E-state index is 12.8. The van der Waals surface area contributed by atoms with Gasteiger partial charge in [0, 0.05) is 13.0 Å². The first kappa shape index (κ1) is 56.0. The van der Waals surface area contributed by atoms with Gasteiger partial charge in [0.1, 0.15) is 0 Å². The molecule has 0 aromatic rings. The Morgan fingerprint density at radius 2 is 0.930 bits per heavy atom. The van der Waals surface area contributed by atoms with E-state index in [4.69, 9.17) is 14.8 Å². The predicted molar refractivity (Wildman–Crippen MR) is 245 cm³/mol. The quantitative estimate of drug-likeness (QED) is 0.0273. The van der Waals surface area contributed by atoms with Crippen LogP contribution in [0, 0.1) is 0 Å². The summed E-state index contributed by atoms with van der Waals surface area (Å²) in [5.74, 6) is -0.199. The molecule has 0 saturated carbocycles. The maximum Gasteiger partial charge on any atom is 0.472 e. The minimum atomic E-state index is -4.35. The van der Waals surface area contributed by atoms with Gasteiger partial charge in [0.25, 0.3) is 0 Å². The van der Waals surface area contributed by atoms with Gasteiger partial charge in [-0.15, -0.1) is 0 Å². The number of carbonyl (C=O) groups excluding carboxylic acids is 1. The Morgan fingerprint density at radius 1 is 0.561 bits per heavy atom. The average Bonchev–Trinajstić information content (AvgIpc) is 3.20. The maximum absolute atomic E-state index is 12.8. The first-order chi connectivity index (χ1) is 27.9. The number of phosphoric acid groups is 1. The summed E-state index contributed by atoms with van der Waals surface area (Å²) >= 11 is 0. The van der Waals surface area contributed by atoms with E-state index >= 15 is 0 Å². The van der Waals surface area contributed by atoms with Crippen molar-refractivity contribution in [3.8, 4) is 0 Å². The Morgan fingerprint density at radius 3 is 1.35 bits per heavy atom. The van der Waals surface area contributed by atoms with Crippen LogP contribution in [0.3, 0.4) is 0 Å². The van der Waals surface area contributed by atoms with Crippen LogP contribution in [0.1, 0.15) is 245 Å². The molecule has 0 saturated heterocycles. The van der Waals surface area contributed by atoms with Crippen LogP contribution in [0.4, 0.5) is 0 Å². The molecule has 0 aromatic heterocycles. The molecule has 1 amide bonds. The molecule has 0 aliphatic heterocycles. The molecular formula is C48H95N2O6P. The number of nitrogens with one attached hydrogen (secondary N) is 1. The largest absolute Gasteiger partial charge is 0.472 e. The van der Waals surface area contributed by atoms with Crippen LogP contribution in [-0.4, -0.2) is 47.8 Å². The van der Waals surface area contributed by atoms with Gasteiger partial charge in [-0.2, -0.15) is 0 Å². The van der Waals surface area contributed by atoms with Gasteiger partial charge in [0.05, 0.1) is 25.4 Å². The molecule has 57 heavy (non-hydrogen) atoms. The lowest BCUT2D eigenvalue weighted by Gasteiger charge is -2.23. The smallest absolute Gasteiger partial charge is 0.387 e. The highest BCUT2D eigenvalue weighted by Crippen LogP contribution is 2.43. The first-order valence-corrected chi connectivity index (χ1v) is 26.0. The van der Waals surface area contributed by atoms with Gasteiger partial charge in [-0.3, -0.25) is 13.8 Å². The van der Waals surface area contributed by atoms with E-state index in [1.54, 1.807) is 6.08 Å². The molecule has 0 aromatic carbocycles. The van der Waals surface area contributed by atoms with Crippen LogP contribution in [-0.2, 0) is 18.4 Å². The van der Waals surface area contributed by atoms with E-state index < -0.39 is 20.0 Å². The Labute approximate surface area is 353 Å². The Kier molecular flexibility index (Phi) is 43.7. The zero-order valence-corrected chi connectivity index (χ0v) is 38.5. The molecule has 5 N–H and O–H groups in total. The number of unbranched alkanes of at least 4 members (excludes halogenated alkanes) is 32. The van der Waals surface area contributed by atoms with Crippen LogP contribution in [0.25, 0.3) is 0 Å². The number of carbonyl (C=O) groups is 1. The summed E-state index contributed by atoms with van der Waals surface area (Å²) < 4.78 is 22.2. The Bertz CT molecular complexity index is 948. The van der Waals surface area contributed by atoms with Gasteiger partial charge in [-0.1, -0.05) is 231 Å². The van der Waals surface area contributed by atoms with Gasteiger partial charge >= 0.3 is 7.82 Å². The lowest BCUT2D eigenvalue weighted by Crippen LogP contribution is -2.45. The number of allylic oxidation sites excluding steroid dienone is 3. The van der Waals surface area contributed by atoms with Crippen molar-refractivity contribution in [1.29, 1.82) is 0 Å². The molecule has 0 fully saturated rings. The molecule has 3 unspecified atom stereocenters. The van der Waals surface area contributed by atoms with Crippen LogP contribution >= 0.6 is 7.82 Å². The van der Waals surface area contributed by atoms with Crippen LogP contribution < -0.4 is 11.1 Å². The molecule has 0 heterocycles. The lowest BCUT2D eigenvalue weighted by molar-refractivity contribution is -0.123. The van der Waals surface area contributed by atoms with Gasteiger partial charge in [-0.25, -0.2) is 4.57 Å². The van der Waals surface area contributed by atoms with E-state index in [1.807, 2.05) is 6.08 Å². The average molecular weight is 827 g/mol. The summed E-state index contributed by atoms with van der Waals surface area (Å²) in [6.07, 6.45) is 52.4. The minimum absolute atomic E-state index is 0.0761. The summed E-state index contributed by atoms with van der Waals surface area (Å²) in [4.78, 5) is 22.8. The van der Waals surface area contributed by atoms with Gasteiger partial charge in [-0.05, 0) is 32.1 Å². The highest BCUT2D eigenvalue weighted by molar-refractivity contribution is 7.47. The standard InChI is InChI=1S/C48H95N2O6P/c1-3-5-7-9-11-13-15-17-19-21-23-24-26-28-30-32-34-36-38-40-42-48(52)50-46(45-56-57(53,54)55-44-43-49)47(51)41-39-37-35-33-31-29-27-25-22-20-18-16-14-12-10-8-6-4-2/h31,33,39,41,46-47,51H,3-30,32,34-38,40,42-45,49H2,1-2H3,(H,50,52)(H,53,54)/b33-31+,41-39+. The molecule has 0 spiro atoms. The number of hydrogen-bond acceptors (Lipinski definition) is 6. The second kappa shape index (κ2) is 44.5. The van der Waals surface area contributed by atoms with E-state index in [-0.39, 0.29) is 25.7 Å². The van der Waals surface area contributed by atoms with E-state index in [2.05, 4.69) is 31.3 Å². The molecule has 3 atom stereocenters. The zero-order valence-electron chi connectivity index (χ0n) is 37.6. The van der Waals surface area contributed by atoms with Gasteiger partial charge < -0.3 is 21.1 Å². The van der Waals surface area contributed by atoms with Crippen molar-refractivity contribution in [3.05, 3.63) is 24.3 Å². The molecule has 0 bridgehead atoms. The molecule has 8 nitrogen and oxygen atoms in total. The molecule has 338 valence electrons. The molecule has 0 aliphatic rings. The van der Waals surface area contributed by atoms with Gasteiger partial charge in [0.15, 0.2) is 0 Å². The van der Waals surface area contributed by atoms with Crippen LogP contribution in [0.15, 0.2) is 24.3 Å². The zero-order chi connectivity index (χ0) is 41.8. The van der Waals surface area contributed by atoms with Crippen molar-refractivity contribution < 1.29 is 28.4 Å². The van der Waals surface area contributed by atoms with Crippen molar-refractivity contribution in [3.63, 3.8) is 0 Å². The number of amides is 1. The number of phosphoric ester groups is 1. The highest BCUT2D eigenvalue weighted by Gasteiger charge is 2.26. The number of hydrogen-bond donors (Lipinski definition) is 4. The van der Waals surface area contributed by atoms with Crippen LogP contribution in [0.2, 0.25) is 0 Å². The number of nitrogens with two attached hydrogens (primary N) is 1. The third-order valence-corrected chi connectivity index (χ3v) is 12.0. The number of aliphatic hydroxyl groups is 1. The van der Waals surface area contributed by atoms with Crippen molar-refractivity contribution in [1.82, 2.24) is 5.32 Å². The summed E-state index contributed by atoms with van der Waals surface area (Å²) in [5, 5.41) is 13.7. The fourth-order valence-electron chi connectivity index (χ4n) is 7.33. The topological polar surface area (TPSA) is 131 Å². The fourth-order valence-corrected chi connectivity index (χ4v) is 8.09. The summed E-state index contributed by atoms with van der Waals surface area (Å²) in [7, 11) is -4.35. The van der Waals surface area contributed by atoms with E-state index in [9.17, 15) is 19.4 Å². The SMILES string of the molecule is CCCCCCCCCCCCCC/C=C/CC/C=C/C(O)C(COP(=O)(O)OCCN)NC(=O)CCCCCCCCCCCCCCCCCCCCCC. The van der Waals surface area contributed by atoms with Crippen molar-refractivity contribution >= 4 is 13.7 Å². The summed E-state index contributed by atoms with van der Waals surface area (Å²) in [5.41, 5.74) is 5.38. The van der Waals surface area contributed by atoms with E-state index in [0.717, 1.165) is 38.5 Å². The third-order valence-electron chi connectivity index (χ3n) is 11.0. The molecule has 0 radical (unpaired) electrons. The fraction of sp³-hybridized carbons (Fsp3) is 0.896. The highest BCUT2D eigenvalue weighted by atomic mass is 31.2. The predicted octanol–water partition coefficient (Wildman–Crippen LogP) is 14.1. The van der Waals surface area contributed by atoms with E-state index in [1.165, 1.54) is 186 Å². The molecule has 0 aliphatic carbocycles. The normalized spacial score (nSPS) is 14.1. The van der Waals surface area contributed by atoms with Crippen molar-refractivity contribution in [2.24, 2.45) is 5.73 Å². The molecule has 0 rings (SSSR count). The lowest BCUT2D eigenvalue weighted by atomic mass is 10.0. The molecule has 9 heteroatoms. The Hall–Kier alpha value is -1.02. The minimum Gasteiger partial charge on any atom is -0.387 e. The summed E-state index contributed by atoms with van der Waals surface area (Å²) in [6.45, 7) is 4.15. The summed E-state index contributed by atoms with van der Waals surface area (Å²) in [6, 6.07) is -0.873. The van der Waals surface area contributed by atoms with E-state index in [0.29, 0.717) is 6.42 Å². The monoisotopic (exact) mass is 827 g/mol. The van der Waals surface area contributed by atoms with Gasteiger partial charge in [0.2, 0.25) is 5.91 Å². The van der Waals surface area contributed by atoms with Crippen molar-refractivity contribution in [2.75, 3.05) is 19.8 Å². The number of rotatable bonds is 46. The Balaban J connectivity index is 4.14. The third kappa shape index (κ3) is 42.9. The number of aliphatic hydroxyl groups excluding tert-OH is 1. The second-order valence-corrected chi connectivity index (χ2v) is 18.1. The first-order valence-electron chi connectivity index (χ1n) is 24.5. The van der Waals surface area contributed by atoms with Crippen LogP contribution in [0.5, 0.6) is 0 Å². The van der Waals surface area contributed by atoms with Crippen molar-refractivity contribution in [2.45, 2.75) is 257 Å².